The molecule has 6 nitrogen and oxygen atoms in total. The molecule has 3 rings (SSSR count). The number of carbonyl (C=O) groups is 2. The smallest absolute Gasteiger partial charge is 0.243 e. The van der Waals surface area contributed by atoms with E-state index in [9.17, 15) is 18.0 Å². The maximum atomic E-state index is 13.0. The predicted molar refractivity (Wildman–Crippen MR) is 118 cm³/mol. The van der Waals surface area contributed by atoms with Crippen molar-refractivity contribution in [1.82, 2.24) is 10.6 Å². The third-order valence-electron chi connectivity index (χ3n) is 6.58. The molecule has 1 aromatic carbocycles. The minimum absolute atomic E-state index is 0.0239. The fourth-order valence-electron chi connectivity index (χ4n) is 4.61. The Hall–Kier alpha value is -1.89. The Kier molecular flexibility index (Phi) is 7.55. The molecule has 1 saturated carbocycles. The van der Waals surface area contributed by atoms with Crippen LogP contribution in [0.4, 0.5) is 0 Å². The van der Waals surface area contributed by atoms with Gasteiger partial charge in [0.05, 0.1) is 11.5 Å². The number of nitrogens with one attached hydrogen (secondary N) is 2. The van der Waals surface area contributed by atoms with Gasteiger partial charge in [0.15, 0.2) is 9.84 Å². The zero-order valence-corrected chi connectivity index (χ0v) is 18.8. The highest BCUT2D eigenvalue weighted by Gasteiger charge is 2.33. The van der Waals surface area contributed by atoms with Crippen LogP contribution in [0, 0.1) is 17.8 Å². The summed E-state index contributed by atoms with van der Waals surface area (Å²) in [4.78, 5) is 25.9. The van der Waals surface area contributed by atoms with E-state index in [-0.39, 0.29) is 35.3 Å². The fraction of sp³-hybridized carbons (Fsp3) is 0.652. The first kappa shape index (κ1) is 22.8. The van der Waals surface area contributed by atoms with Gasteiger partial charge in [0.2, 0.25) is 11.8 Å². The maximum absolute atomic E-state index is 13.0. The van der Waals surface area contributed by atoms with Crippen LogP contribution in [-0.4, -0.2) is 43.8 Å². The van der Waals surface area contributed by atoms with Gasteiger partial charge in [-0.3, -0.25) is 9.59 Å². The van der Waals surface area contributed by atoms with Crippen LogP contribution in [0.5, 0.6) is 0 Å². The molecule has 166 valence electrons. The predicted octanol–water partition coefficient (Wildman–Crippen LogP) is 2.48. The van der Waals surface area contributed by atoms with Gasteiger partial charge in [-0.15, -0.1) is 0 Å². The maximum Gasteiger partial charge on any atom is 0.243 e. The third-order valence-corrected chi connectivity index (χ3v) is 8.35. The Morgan fingerprint density at radius 1 is 1.03 bits per heavy atom. The van der Waals surface area contributed by atoms with Crippen molar-refractivity contribution in [2.24, 2.45) is 17.8 Å². The van der Waals surface area contributed by atoms with Crippen molar-refractivity contribution in [3.63, 3.8) is 0 Å². The Balaban J connectivity index is 1.63. The lowest BCUT2D eigenvalue weighted by atomic mass is 9.76. The molecule has 1 aromatic rings. The van der Waals surface area contributed by atoms with Gasteiger partial charge >= 0.3 is 0 Å². The lowest BCUT2D eigenvalue weighted by Gasteiger charge is -2.31. The van der Waals surface area contributed by atoms with Crippen molar-refractivity contribution < 1.29 is 18.0 Å². The summed E-state index contributed by atoms with van der Waals surface area (Å²) in [5.74, 6) is 0.960. The molecular weight excluding hydrogens is 400 g/mol. The first-order valence-electron chi connectivity index (χ1n) is 11.1. The molecule has 0 bridgehead atoms. The second kappa shape index (κ2) is 9.94. The Labute approximate surface area is 180 Å². The molecule has 2 aliphatic rings. The van der Waals surface area contributed by atoms with Gasteiger partial charge in [0.25, 0.3) is 0 Å². The number of hydrogen-bond acceptors (Lipinski definition) is 4. The molecule has 2 fully saturated rings. The van der Waals surface area contributed by atoms with Gasteiger partial charge in [0.1, 0.15) is 6.04 Å². The van der Waals surface area contributed by atoms with Crippen molar-refractivity contribution >= 4 is 21.7 Å². The van der Waals surface area contributed by atoms with Crippen LogP contribution in [-0.2, 0) is 25.8 Å². The van der Waals surface area contributed by atoms with E-state index < -0.39 is 15.9 Å². The van der Waals surface area contributed by atoms with Crippen molar-refractivity contribution in [2.45, 2.75) is 64.5 Å². The highest BCUT2D eigenvalue weighted by Crippen LogP contribution is 2.33. The standard InChI is InChI=1S/C23H34N2O4S/c1-16(2)18-8-10-19(11-9-18)22(26)25-21(14-17-6-4-3-5-7-17)23(27)24-20-12-13-30(28,29)15-20/h3-7,16,18-21H,8-15H2,1-2H3,(H,24,27)(H,25,26)/t18?,19?,20?,21-/m1/s1. The molecule has 2 atom stereocenters. The molecule has 30 heavy (non-hydrogen) atoms. The highest BCUT2D eigenvalue weighted by molar-refractivity contribution is 7.91. The molecule has 0 radical (unpaired) electrons. The highest BCUT2D eigenvalue weighted by atomic mass is 32.2. The Bertz CT molecular complexity index is 830. The lowest BCUT2D eigenvalue weighted by molar-refractivity contribution is -0.132. The van der Waals surface area contributed by atoms with Crippen LogP contribution >= 0.6 is 0 Å². The van der Waals surface area contributed by atoms with E-state index in [0.29, 0.717) is 24.7 Å². The average Bonchev–Trinajstić information content (AvgIpc) is 3.06. The van der Waals surface area contributed by atoms with Gasteiger partial charge in [-0.25, -0.2) is 8.42 Å². The quantitative estimate of drug-likeness (QED) is 0.690. The average molecular weight is 435 g/mol. The summed E-state index contributed by atoms with van der Waals surface area (Å²) in [6, 6.07) is 8.50. The van der Waals surface area contributed by atoms with E-state index in [2.05, 4.69) is 24.5 Å². The number of amides is 2. The lowest BCUT2D eigenvalue weighted by Crippen LogP contribution is -2.52. The van der Waals surface area contributed by atoms with Gasteiger partial charge in [-0.2, -0.15) is 0 Å². The van der Waals surface area contributed by atoms with E-state index in [1.54, 1.807) is 0 Å². The molecule has 7 heteroatoms. The molecule has 1 heterocycles. The second-order valence-electron chi connectivity index (χ2n) is 9.22. The minimum atomic E-state index is -3.08. The number of rotatable bonds is 7. The molecule has 0 spiro atoms. The zero-order chi connectivity index (χ0) is 21.7. The summed E-state index contributed by atoms with van der Waals surface area (Å²) in [6.07, 6.45) is 4.62. The van der Waals surface area contributed by atoms with Crippen LogP contribution in [0.2, 0.25) is 0 Å². The molecule has 0 aromatic heterocycles. The second-order valence-corrected chi connectivity index (χ2v) is 11.4. The molecule has 2 amide bonds. The van der Waals surface area contributed by atoms with Crippen LogP contribution in [0.3, 0.4) is 0 Å². The van der Waals surface area contributed by atoms with Crippen LogP contribution in [0.25, 0.3) is 0 Å². The van der Waals surface area contributed by atoms with E-state index >= 15 is 0 Å². The summed E-state index contributed by atoms with van der Waals surface area (Å²) in [5, 5.41) is 5.83. The van der Waals surface area contributed by atoms with Crippen molar-refractivity contribution in [2.75, 3.05) is 11.5 Å². The zero-order valence-electron chi connectivity index (χ0n) is 18.0. The summed E-state index contributed by atoms with van der Waals surface area (Å²) < 4.78 is 23.4. The Morgan fingerprint density at radius 3 is 2.27 bits per heavy atom. The van der Waals surface area contributed by atoms with Gasteiger partial charge in [0, 0.05) is 18.4 Å². The summed E-state index contributed by atoms with van der Waals surface area (Å²) in [5.41, 5.74) is 0.959. The molecule has 1 aliphatic heterocycles. The van der Waals surface area contributed by atoms with Gasteiger partial charge in [-0.05, 0) is 49.5 Å². The van der Waals surface area contributed by atoms with Gasteiger partial charge < -0.3 is 10.6 Å². The van der Waals surface area contributed by atoms with Crippen LogP contribution < -0.4 is 10.6 Å². The van der Waals surface area contributed by atoms with E-state index in [0.717, 1.165) is 31.2 Å². The summed E-state index contributed by atoms with van der Waals surface area (Å²) in [7, 11) is -3.08. The monoisotopic (exact) mass is 434 g/mol. The molecule has 1 aliphatic carbocycles. The number of benzene rings is 1. The molecule has 1 saturated heterocycles. The number of sulfone groups is 1. The van der Waals surface area contributed by atoms with E-state index in [1.165, 1.54) is 0 Å². The summed E-state index contributed by atoms with van der Waals surface area (Å²) >= 11 is 0. The fourth-order valence-corrected chi connectivity index (χ4v) is 6.28. The SMILES string of the molecule is CC(C)C1CCC(C(=O)N[C@H](Cc2ccccc2)C(=O)NC2CCS(=O)(=O)C2)CC1. The normalized spacial score (nSPS) is 26.8. The largest absolute Gasteiger partial charge is 0.351 e. The van der Waals surface area contributed by atoms with Crippen molar-refractivity contribution in [3.8, 4) is 0 Å². The van der Waals surface area contributed by atoms with Crippen molar-refractivity contribution in [1.29, 1.82) is 0 Å². The number of hydrogen-bond donors (Lipinski definition) is 2. The third kappa shape index (κ3) is 6.30. The minimum Gasteiger partial charge on any atom is -0.351 e. The van der Waals surface area contributed by atoms with Gasteiger partial charge in [-0.1, -0.05) is 44.2 Å². The first-order valence-corrected chi connectivity index (χ1v) is 12.9. The summed E-state index contributed by atoms with van der Waals surface area (Å²) in [6.45, 7) is 4.46. The molecular formula is C23H34N2O4S. The number of carbonyl (C=O) groups excluding carboxylic acids is 2. The molecule has 2 N–H and O–H groups in total. The van der Waals surface area contributed by atoms with Crippen LogP contribution in [0.1, 0.15) is 51.5 Å². The Morgan fingerprint density at radius 2 is 1.70 bits per heavy atom. The molecule has 1 unspecified atom stereocenters. The topological polar surface area (TPSA) is 92.3 Å². The van der Waals surface area contributed by atoms with E-state index in [4.69, 9.17) is 0 Å². The van der Waals surface area contributed by atoms with Crippen LogP contribution in [0.15, 0.2) is 30.3 Å². The first-order chi connectivity index (χ1) is 14.2. The van der Waals surface area contributed by atoms with Crippen molar-refractivity contribution in [3.05, 3.63) is 35.9 Å². The van der Waals surface area contributed by atoms with E-state index in [1.807, 2.05) is 30.3 Å².